The van der Waals surface area contributed by atoms with Gasteiger partial charge in [0.1, 0.15) is 11.4 Å². The molecule has 6 rings (SSSR count). The highest BCUT2D eigenvalue weighted by molar-refractivity contribution is 6.35. The minimum Gasteiger partial charge on any atom is -0.382 e. The summed E-state index contributed by atoms with van der Waals surface area (Å²) in [4.78, 5) is 35.0. The molecule has 0 radical (unpaired) electrons. The first-order valence-corrected chi connectivity index (χ1v) is 12.6. The fourth-order valence-electron chi connectivity index (χ4n) is 4.52. The highest BCUT2D eigenvalue weighted by Gasteiger charge is 2.29. The predicted molar refractivity (Wildman–Crippen MR) is 151 cm³/mol. The van der Waals surface area contributed by atoms with Crippen molar-refractivity contribution in [1.29, 1.82) is 0 Å². The summed E-state index contributed by atoms with van der Waals surface area (Å²) in [6.07, 6.45) is 5.21. The van der Waals surface area contributed by atoms with Gasteiger partial charge in [0.15, 0.2) is 11.5 Å². The average molecular weight is 538 g/mol. The Morgan fingerprint density at radius 2 is 1.85 bits per heavy atom. The van der Waals surface area contributed by atoms with Crippen molar-refractivity contribution in [1.82, 2.24) is 40.0 Å². The smallest absolute Gasteiger partial charge is 0.274 e. The Labute approximate surface area is 228 Å². The Morgan fingerprint density at radius 1 is 1.05 bits per heavy atom. The Kier molecular flexibility index (Phi) is 5.76. The number of H-pyrrole nitrogens is 1. The second kappa shape index (κ2) is 9.17. The van der Waals surface area contributed by atoms with Gasteiger partial charge in [-0.15, -0.1) is 0 Å². The number of carbonyl (C=O) groups is 1. The molecule has 11 heteroatoms. The topological polar surface area (TPSA) is 140 Å². The van der Waals surface area contributed by atoms with Gasteiger partial charge >= 0.3 is 0 Å². The number of anilines is 1. The van der Waals surface area contributed by atoms with Crippen molar-refractivity contribution in [3.05, 3.63) is 83.5 Å². The van der Waals surface area contributed by atoms with Crippen molar-refractivity contribution in [3.8, 4) is 22.6 Å². The van der Waals surface area contributed by atoms with E-state index in [1.807, 2.05) is 63.4 Å². The maximum atomic E-state index is 13.6. The molecular formula is C28H24ClN9O. The molecular weight excluding hydrogens is 514 g/mol. The van der Waals surface area contributed by atoms with E-state index in [0.717, 1.165) is 22.1 Å². The van der Waals surface area contributed by atoms with E-state index < -0.39 is 11.4 Å². The van der Waals surface area contributed by atoms with Gasteiger partial charge in [0.25, 0.3) is 5.91 Å². The van der Waals surface area contributed by atoms with Crippen LogP contribution in [0.5, 0.6) is 0 Å². The number of aryl methyl sites for hydroxylation is 1. The quantitative estimate of drug-likeness (QED) is 0.285. The molecule has 0 aliphatic rings. The molecule has 0 bridgehead atoms. The first-order valence-electron chi connectivity index (χ1n) is 12.2. The van der Waals surface area contributed by atoms with E-state index in [0.29, 0.717) is 33.2 Å². The standard InChI is InChI=1S/C28H24ClN9O/c1-28(2,21-14-20-18(33-21)7-5-9-31-20)36-27(39)25-26(30)35-24(19-8-11-38(3)37-19)23(34-25)16-12-15-6-4-10-32-22(15)17(29)13-16/h4-14,33H,1-3H3,(H2,30,35)(H,36,39). The molecule has 5 aromatic heterocycles. The number of carbonyl (C=O) groups excluding carboxylic acids is 1. The first kappa shape index (κ1) is 24.5. The number of nitrogens with one attached hydrogen (secondary N) is 2. The number of pyridine rings is 2. The first-order chi connectivity index (χ1) is 18.7. The van der Waals surface area contributed by atoms with E-state index >= 15 is 0 Å². The molecule has 0 saturated heterocycles. The molecule has 1 aromatic carbocycles. The van der Waals surface area contributed by atoms with Crippen LogP contribution in [-0.4, -0.2) is 40.6 Å². The molecule has 39 heavy (non-hydrogen) atoms. The lowest BCUT2D eigenvalue weighted by molar-refractivity contribution is 0.0906. The summed E-state index contributed by atoms with van der Waals surface area (Å²) < 4.78 is 1.66. The van der Waals surface area contributed by atoms with Crippen LogP contribution in [0.25, 0.3) is 44.6 Å². The number of nitrogens with zero attached hydrogens (tertiary/aromatic N) is 6. The highest BCUT2D eigenvalue weighted by Crippen LogP contribution is 2.34. The van der Waals surface area contributed by atoms with Gasteiger partial charge in [-0.2, -0.15) is 5.10 Å². The molecule has 0 aliphatic carbocycles. The predicted octanol–water partition coefficient (Wildman–Crippen LogP) is 4.87. The molecule has 4 N–H and O–H groups in total. The molecule has 0 fully saturated rings. The Hall–Kier alpha value is -4.83. The lowest BCUT2D eigenvalue weighted by atomic mass is 10.0. The van der Waals surface area contributed by atoms with E-state index in [1.54, 1.807) is 29.3 Å². The summed E-state index contributed by atoms with van der Waals surface area (Å²) in [5.41, 5.74) is 10.7. The third-order valence-electron chi connectivity index (χ3n) is 6.51. The van der Waals surface area contributed by atoms with Gasteiger partial charge in [0.05, 0.1) is 32.8 Å². The van der Waals surface area contributed by atoms with Gasteiger partial charge < -0.3 is 16.0 Å². The number of halogens is 1. The Balaban J connectivity index is 1.45. The van der Waals surface area contributed by atoms with Gasteiger partial charge in [-0.3, -0.25) is 19.4 Å². The molecule has 6 aromatic rings. The number of rotatable bonds is 5. The van der Waals surface area contributed by atoms with Gasteiger partial charge in [0, 0.05) is 42.3 Å². The maximum Gasteiger partial charge on any atom is 0.274 e. The lowest BCUT2D eigenvalue weighted by Crippen LogP contribution is -2.42. The fraction of sp³-hybridized carbons (Fsp3) is 0.143. The number of amides is 1. The number of nitrogen functional groups attached to an aromatic ring is 1. The summed E-state index contributed by atoms with van der Waals surface area (Å²) in [6.45, 7) is 3.77. The van der Waals surface area contributed by atoms with Gasteiger partial charge in [-0.05, 0) is 56.3 Å². The second-order valence-electron chi connectivity index (χ2n) is 9.76. The third-order valence-corrected chi connectivity index (χ3v) is 6.80. The number of hydrogen-bond acceptors (Lipinski definition) is 7. The van der Waals surface area contributed by atoms with Gasteiger partial charge in [-0.1, -0.05) is 17.7 Å². The van der Waals surface area contributed by atoms with Crippen LogP contribution in [0.3, 0.4) is 0 Å². The van der Waals surface area contributed by atoms with Gasteiger partial charge in [-0.25, -0.2) is 9.97 Å². The average Bonchev–Trinajstić information content (AvgIpc) is 3.55. The van der Waals surface area contributed by atoms with E-state index in [1.165, 1.54) is 0 Å². The van der Waals surface area contributed by atoms with E-state index in [4.69, 9.17) is 22.3 Å². The highest BCUT2D eigenvalue weighted by atomic mass is 35.5. The van der Waals surface area contributed by atoms with Crippen LogP contribution in [0, 0.1) is 0 Å². The van der Waals surface area contributed by atoms with Crippen LogP contribution in [0.4, 0.5) is 5.82 Å². The normalized spacial score (nSPS) is 11.8. The van der Waals surface area contributed by atoms with Crippen LogP contribution in [0.2, 0.25) is 5.02 Å². The molecule has 0 aliphatic heterocycles. The number of fused-ring (bicyclic) bond motifs is 2. The molecule has 10 nitrogen and oxygen atoms in total. The maximum absolute atomic E-state index is 13.6. The molecule has 5 heterocycles. The number of nitrogens with two attached hydrogens (primary N) is 1. The van der Waals surface area contributed by atoms with Gasteiger partial charge in [0.2, 0.25) is 0 Å². The minimum absolute atomic E-state index is 0.00519. The van der Waals surface area contributed by atoms with Crippen molar-refractivity contribution < 1.29 is 4.79 Å². The van der Waals surface area contributed by atoms with Crippen LogP contribution in [0.1, 0.15) is 30.0 Å². The molecule has 194 valence electrons. The monoisotopic (exact) mass is 537 g/mol. The van der Waals surface area contributed by atoms with Crippen molar-refractivity contribution >= 4 is 45.3 Å². The van der Waals surface area contributed by atoms with E-state index in [9.17, 15) is 4.79 Å². The molecule has 1 amide bonds. The number of benzene rings is 1. The van der Waals surface area contributed by atoms with E-state index in [-0.39, 0.29) is 11.5 Å². The summed E-state index contributed by atoms with van der Waals surface area (Å²) in [5, 5.41) is 8.80. The summed E-state index contributed by atoms with van der Waals surface area (Å²) >= 11 is 6.59. The van der Waals surface area contributed by atoms with Crippen LogP contribution < -0.4 is 11.1 Å². The number of hydrogen-bond donors (Lipinski definition) is 3. The second-order valence-corrected chi connectivity index (χ2v) is 10.2. The SMILES string of the molecule is Cn1ccc(-c2nc(N)c(C(=O)NC(C)(C)c3cc4ncccc4[nH]3)nc2-c2cc(Cl)c3ncccc3c2)n1. The van der Waals surface area contributed by atoms with E-state index in [2.05, 4.69) is 30.4 Å². The summed E-state index contributed by atoms with van der Waals surface area (Å²) in [6, 6.07) is 14.9. The van der Waals surface area contributed by atoms with Crippen LogP contribution >= 0.6 is 11.6 Å². The zero-order chi connectivity index (χ0) is 27.3. The Bertz CT molecular complexity index is 1860. The number of aromatic amines is 1. The lowest BCUT2D eigenvalue weighted by Gasteiger charge is -2.25. The summed E-state index contributed by atoms with van der Waals surface area (Å²) in [5.74, 6) is -0.487. The fourth-order valence-corrected chi connectivity index (χ4v) is 4.80. The number of aromatic nitrogens is 7. The third kappa shape index (κ3) is 4.44. The van der Waals surface area contributed by atoms with Crippen LogP contribution in [-0.2, 0) is 12.6 Å². The summed E-state index contributed by atoms with van der Waals surface area (Å²) in [7, 11) is 1.81. The van der Waals surface area contributed by atoms with Crippen molar-refractivity contribution in [2.75, 3.05) is 5.73 Å². The zero-order valence-corrected chi connectivity index (χ0v) is 22.2. The minimum atomic E-state index is -0.788. The van der Waals surface area contributed by atoms with Crippen molar-refractivity contribution in [2.24, 2.45) is 7.05 Å². The molecule has 0 unspecified atom stereocenters. The molecule has 0 saturated carbocycles. The molecule has 0 spiro atoms. The Morgan fingerprint density at radius 3 is 2.62 bits per heavy atom. The van der Waals surface area contributed by atoms with Crippen LogP contribution in [0.15, 0.2) is 67.1 Å². The zero-order valence-electron chi connectivity index (χ0n) is 21.4. The molecule has 0 atom stereocenters. The van der Waals surface area contributed by atoms with Crippen molar-refractivity contribution in [2.45, 2.75) is 19.4 Å². The largest absolute Gasteiger partial charge is 0.382 e. The van der Waals surface area contributed by atoms with Crippen molar-refractivity contribution in [3.63, 3.8) is 0 Å².